The van der Waals surface area contributed by atoms with Crippen molar-refractivity contribution in [3.8, 4) is 0 Å². The molecule has 0 bridgehead atoms. The van der Waals surface area contributed by atoms with Crippen LogP contribution >= 0.6 is 0 Å². The first-order valence-electron chi connectivity index (χ1n) is 6.91. The van der Waals surface area contributed by atoms with Gasteiger partial charge in [0.15, 0.2) is 0 Å². The van der Waals surface area contributed by atoms with Gasteiger partial charge in [0.2, 0.25) is 0 Å². The Bertz CT molecular complexity index is 384. The molecule has 0 radical (unpaired) electrons. The summed E-state index contributed by atoms with van der Waals surface area (Å²) in [6.07, 6.45) is 3.85. The monoisotopic (exact) mass is 230 g/mol. The molecule has 1 aliphatic carbocycles. The van der Waals surface area contributed by atoms with Crippen LogP contribution in [0.1, 0.15) is 24.5 Å². The van der Waals surface area contributed by atoms with E-state index in [4.69, 9.17) is 0 Å². The molecular formula is C15H22N2. The summed E-state index contributed by atoms with van der Waals surface area (Å²) in [6, 6.07) is 10.5. The average Bonchev–Trinajstić information content (AvgIpc) is 2.33. The second-order valence-electron chi connectivity index (χ2n) is 5.31. The number of likely N-dealkylation sites (N-methyl/N-ethyl adjacent to an activating group) is 1. The lowest BCUT2D eigenvalue weighted by Gasteiger charge is -2.44. The molecule has 1 saturated heterocycles. The van der Waals surface area contributed by atoms with Crippen molar-refractivity contribution in [1.29, 1.82) is 0 Å². The Kier molecular flexibility index (Phi) is 3.17. The maximum Gasteiger partial charge on any atom is 0.0348 e. The summed E-state index contributed by atoms with van der Waals surface area (Å²) in [5.74, 6) is 0. The number of nitrogens with one attached hydrogen (secondary N) is 1. The molecule has 1 fully saturated rings. The topological polar surface area (TPSA) is 15.3 Å². The third-order valence-corrected chi connectivity index (χ3v) is 4.38. The Hall–Kier alpha value is -0.860. The first-order valence-corrected chi connectivity index (χ1v) is 6.91. The van der Waals surface area contributed by atoms with Crippen LogP contribution in [0.2, 0.25) is 0 Å². The van der Waals surface area contributed by atoms with Crippen LogP contribution < -0.4 is 5.32 Å². The van der Waals surface area contributed by atoms with E-state index in [1.54, 1.807) is 11.1 Å². The Balaban J connectivity index is 1.73. The fourth-order valence-electron chi connectivity index (χ4n) is 3.28. The molecule has 1 aliphatic heterocycles. The van der Waals surface area contributed by atoms with E-state index in [0.29, 0.717) is 0 Å². The molecule has 92 valence electrons. The van der Waals surface area contributed by atoms with E-state index in [9.17, 15) is 0 Å². The molecule has 1 unspecified atom stereocenters. The Morgan fingerprint density at radius 2 is 1.94 bits per heavy atom. The first-order chi connectivity index (χ1) is 8.38. The Morgan fingerprint density at radius 1 is 1.18 bits per heavy atom. The minimum atomic E-state index is 0.766. The number of hydrogen-bond donors (Lipinski definition) is 1. The van der Waals surface area contributed by atoms with Gasteiger partial charge in [0.05, 0.1) is 0 Å². The van der Waals surface area contributed by atoms with E-state index < -0.39 is 0 Å². The van der Waals surface area contributed by atoms with Crippen LogP contribution in [-0.2, 0) is 12.8 Å². The van der Waals surface area contributed by atoms with Crippen molar-refractivity contribution >= 4 is 0 Å². The zero-order valence-electron chi connectivity index (χ0n) is 10.7. The summed E-state index contributed by atoms with van der Waals surface area (Å²) in [4.78, 5) is 2.71. The molecule has 0 spiro atoms. The highest BCUT2D eigenvalue weighted by atomic mass is 15.2. The van der Waals surface area contributed by atoms with Crippen molar-refractivity contribution in [2.45, 2.75) is 38.3 Å². The smallest absolute Gasteiger partial charge is 0.0348 e. The summed E-state index contributed by atoms with van der Waals surface area (Å²) < 4.78 is 0. The molecule has 2 aliphatic rings. The molecule has 1 aromatic rings. The average molecular weight is 230 g/mol. The van der Waals surface area contributed by atoms with E-state index in [0.717, 1.165) is 12.1 Å². The van der Waals surface area contributed by atoms with Crippen LogP contribution in [0.4, 0.5) is 0 Å². The van der Waals surface area contributed by atoms with Crippen LogP contribution in [0.5, 0.6) is 0 Å². The van der Waals surface area contributed by atoms with E-state index in [1.807, 2.05) is 0 Å². The second kappa shape index (κ2) is 4.79. The third kappa shape index (κ3) is 2.12. The van der Waals surface area contributed by atoms with Gasteiger partial charge in [0.25, 0.3) is 0 Å². The molecule has 1 atom stereocenters. The number of rotatable bonds is 3. The summed E-state index contributed by atoms with van der Waals surface area (Å²) in [7, 11) is 0. The molecule has 1 heterocycles. The quantitative estimate of drug-likeness (QED) is 0.852. The normalized spacial score (nSPS) is 24.5. The van der Waals surface area contributed by atoms with Crippen LogP contribution in [0, 0.1) is 0 Å². The van der Waals surface area contributed by atoms with Gasteiger partial charge in [-0.2, -0.15) is 0 Å². The highest BCUT2D eigenvalue weighted by Crippen LogP contribution is 2.26. The van der Waals surface area contributed by atoms with Gasteiger partial charge in [-0.1, -0.05) is 31.2 Å². The van der Waals surface area contributed by atoms with Crippen molar-refractivity contribution in [2.24, 2.45) is 0 Å². The van der Waals surface area contributed by atoms with Crippen LogP contribution in [0.25, 0.3) is 0 Å². The zero-order chi connectivity index (χ0) is 11.7. The number of benzene rings is 1. The lowest BCUT2D eigenvalue weighted by Crippen LogP contribution is -2.60. The zero-order valence-corrected chi connectivity index (χ0v) is 10.7. The predicted octanol–water partition coefficient (Wildman–Crippen LogP) is 1.84. The van der Waals surface area contributed by atoms with Gasteiger partial charge in [0.1, 0.15) is 0 Å². The van der Waals surface area contributed by atoms with Gasteiger partial charge >= 0.3 is 0 Å². The molecule has 0 saturated carbocycles. The Morgan fingerprint density at radius 3 is 2.59 bits per heavy atom. The van der Waals surface area contributed by atoms with Crippen LogP contribution in [0.3, 0.4) is 0 Å². The van der Waals surface area contributed by atoms with Crippen molar-refractivity contribution in [3.63, 3.8) is 0 Å². The van der Waals surface area contributed by atoms with E-state index in [2.05, 4.69) is 41.4 Å². The standard InChI is InChI=1S/C15H22N2/c1-2-17(15-10-16-11-15)14-8-7-12-5-3-4-6-13(12)9-14/h3-6,14-16H,2,7-11H2,1H3. The highest BCUT2D eigenvalue weighted by molar-refractivity contribution is 5.30. The molecule has 1 aromatic carbocycles. The molecule has 0 amide bonds. The van der Waals surface area contributed by atoms with E-state index in [1.165, 1.54) is 38.9 Å². The van der Waals surface area contributed by atoms with Gasteiger partial charge < -0.3 is 5.32 Å². The van der Waals surface area contributed by atoms with Gasteiger partial charge in [-0.25, -0.2) is 0 Å². The van der Waals surface area contributed by atoms with Gasteiger partial charge in [-0.3, -0.25) is 4.90 Å². The fourth-order valence-corrected chi connectivity index (χ4v) is 3.28. The maximum absolute atomic E-state index is 3.39. The van der Waals surface area contributed by atoms with Crippen molar-refractivity contribution < 1.29 is 0 Å². The van der Waals surface area contributed by atoms with Gasteiger partial charge in [-0.05, 0) is 36.9 Å². The number of fused-ring (bicyclic) bond motifs is 1. The minimum Gasteiger partial charge on any atom is -0.314 e. The SMILES string of the molecule is CCN(C1CNC1)C1CCc2ccccc2C1. The molecule has 17 heavy (non-hydrogen) atoms. The second-order valence-corrected chi connectivity index (χ2v) is 5.31. The molecule has 2 heteroatoms. The molecule has 2 nitrogen and oxygen atoms in total. The van der Waals surface area contributed by atoms with Gasteiger partial charge in [-0.15, -0.1) is 0 Å². The molecular weight excluding hydrogens is 208 g/mol. The lowest BCUT2D eigenvalue weighted by molar-refractivity contribution is 0.0925. The molecule has 3 rings (SSSR count). The van der Waals surface area contributed by atoms with Crippen LogP contribution in [-0.4, -0.2) is 36.6 Å². The summed E-state index contributed by atoms with van der Waals surface area (Å²) in [5.41, 5.74) is 3.15. The summed E-state index contributed by atoms with van der Waals surface area (Å²) in [5, 5.41) is 3.39. The first kappa shape index (κ1) is 11.2. The number of nitrogens with zero attached hydrogens (tertiary/aromatic N) is 1. The predicted molar refractivity (Wildman–Crippen MR) is 71.3 cm³/mol. The minimum absolute atomic E-state index is 0.766. The van der Waals surface area contributed by atoms with E-state index >= 15 is 0 Å². The van der Waals surface area contributed by atoms with Gasteiger partial charge in [0, 0.05) is 25.2 Å². The molecule has 0 aromatic heterocycles. The molecule has 1 N–H and O–H groups in total. The van der Waals surface area contributed by atoms with E-state index in [-0.39, 0.29) is 0 Å². The van der Waals surface area contributed by atoms with Crippen molar-refractivity contribution in [3.05, 3.63) is 35.4 Å². The van der Waals surface area contributed by atoms with Crippen molar-refractivity contribution in [1.82, 2.24) is 10.2 Å². The van der Waals surface area contributed by atoms with Crippen LogP contribution in [0.15, 0.2) is 24.3 Å². The fraction of sp³-hybridized carbons (Fsp3) is 0.600. The summed E-state index contributed by atoms with van der Waals surface area (Å²) in [6.45, 7) is 5.87. The third-order valence-electron chi connectivity index (χ3n) is 4.38. The highest BCUT2D eigenvalue weighted by Gasteiger charge is 2.31. The largest absolute Gasteiger partial charge is 0.314 e. The number of hydrogen-bond acceptors (Lipinski definition) is 2. The number of aryl methyl sites for hydroxylation is 1. The Labute approximate surface area is 104 Å². The van der Waals surface area contributed by atoms with Crippen molar-refractivity contribution in [2.75, 3.05) is 19.6 Å². The summed E-state index contributed by atoms with van der Waals surface area (Å²) >= 11 is 0. The lowest BCUT2D eigenvalue weighted by atomic mass is 9.86. The maximum atomic E-state index is 3.39.